The van der Waals surface area contributed by atoms with Crippen molar-refractivity contribution in [3.8, 4) is 0 Å². The van der Waals surface area contributed by atoms with Gasteiger partial charge in [-0.15, -0.1) is 0 Å². The number of rotatable bonds is 4. The molecule has 0 bridgehead atoms. The average Bonchev–Trinajstić information content (AvgIpc) is 3.29. The standard InChI is InChI=1S/C25H24Cl2F3N5O/c26-18-7-6-17(12-19(18)27)20-13-22(25(28,29)30)35-23(31-20)14-21(32-35)24(36)34-10-8-33(9-11-34)15-16-4-2-1-3-5-16/h1-7,12,14,20,22,31H,8-11,13,15H2. The van der Waals surface area contributed by atoms with Crippen molar-refractivity contribution >= 4 is 34.9 Å². The van der Waals surface area contributed by atoms with E-state index in [1.165, 1.54) is 11.6 Å². The van der Waals surface area contributed by atoms with E-state index < -0.39 is 18.3 Å². The molecule has 0 saturated carbocycles. The molecule has 1 saturated heterocycles. The maximum Gasteiger partial charge on any atom is 0.410 e. The predicted octanol–water partition coefficient (Wildman–Crippen LogP) is 5.81. The van der Waals surface area contributed by atoms with E-state index in [9.17, 15) is 18.0 Å². The van der Waals surface area contributed by atoms with Gasteiger partial charge in [0.15, 0.2) is 11.7 Å². The Kier molecular flexibility index (Phi) is 6.89. The summed E-state index contributed by atoms with van der Waals surface area (Å²) in [5.41, 5.74) is 1.77. The lowest BCUT2D eigenvalue weighted by Crippen LogP contribution is -2.48. The lowest BCUT2D eigenvalue weighted by molar-refractivity contribution is -0.173. The molecule has 0 spiro atoms. The summed E-state index contributed by atoms with van der Waals surface area (Å²) in [5, 5.41) is 7.79. The number of alkyl halides is 3. The van der Waals surface area contributed by atoms with Crippen LogP contribution in [-0.4, -0.2) is 57.8 Å². The van der Waals surface area contributed by atoms with Crippen LogP contribution >= 0.6 is 23.2 Å². The fourth-order valence-electron chi connectivity index (χ4n) is 4.74. The largest absolute Gasteiger partial charge is 0.410 e. The summed E-state index contributed by atoms with van der Waals surface area (Å²) in [7, 11) is 0. The van der Waals surface area contributed by atoms with Gasteiger partial charge >= 0.3 is 6.18 Å². The fraction of sp³-hybridized carbons (Fsp3) is 0.360. The summed E-state index contributed by atoms with van der Waals surface area (Å²) in [6, 6.07) is 13.7. The smallest absolute Gasteiger partial charge is 0.363 e. The van der Waals surface area contributed by atoms with Crippen molar-refractivity contribution in [1.82, 2.24) is 19.6 Å². The van der Waals surface area contributed by atoms with E-state index in [-0.39, 0.29) is 28.9 Å². The van der Waals surface area contributed by atoms with Crippen LogP contribution in [0.25, 0.3) is 0 Å². The van der Waals surface area contributed by atoms with Gasteiger partial charge in [-0.3, -0.25) is 9.69 Å². The molecule has 2 atom stereocenters. The van der Waals surface area contributed by atoms with Crippen LogP contribution in [0.5, 0.6) is 0 Å². The Morgan fingerprint density at radius 3 is 2.39 bits per heavy atom. The van der Waals surface area contributed by atoms with Crippen molar-refractivity contribution in [3.63, 3.8) is 0 Å². The number of halogens is 5. The first-order valence-electron chi connectivity index (χ1n) is 11.6. The highest BCUT2D eigenvalue weighted by molar-refractivity contribution is 6.42. The number of carbonyl (C=O) groups is 1. The third-order valence-electron chi connectivity index (χ3n) is 6.66. The van der Waals surface area contributed by atoms with Gasteiger partial charge in [-0.2, -0.15) is 18.3 Å². The second kappa shape index (κ2) is 9.95. The molecular formula is C25H24Cl2F3N5O. The number of nitrogens with one attached hydrogen (secondary N) is 1. The van der Waals surface area contributed by atoms with Crippen molar-refractivity contribution in [2.24, 2.45) is 0 Å². The molecule has 2 unspecified atom stereocenters. The summed E-state index contributed by atoms with van der Waals surface area (Å²) >= 11 is 12.1. The summed E-state index contributed by atoms with van der Waals surface area (Å²) in [6.07, 6.45) is -4.83. The highest BCUT2D eigenvalue weighted by Gasteiger charge is 2.47. The predicted molar refractivity (Wildman–Crippen MR) is 132 cm³/mol. The topological polar surface area (TPSA) is 53.4 Å². The van der Waals surface area contributed by atoms with Crippen LogP contribution in [0.15, 0.2) is 54.6 Å². The van der Waals surface area contributed by atoms with Crippen LogP contribution in [0.2, 0.25) is 10.0 Å². The van der Waals surface area contributed by atoms with Crippen LogP contribution in [-0.2, 0) is 6.54 Å². The maximum atomic E-state index is 14.0. The third kappa shape index (κ3) is 5.19. The van der Waals surface area contributed by atoms with E-state index in [1.807, 2.05) is 18.2 Å². The first-order chi connectivity index (χ1) is 17.2. The van der Waals surface area contributed by atoms with Gasteiger partial charge in [0, 0.05) is 45.2 Å². The molecule has 1 fully saturated rings. The Morgan fingerprint density at radius 1 is 1.00 bits per heavy atom. The molecule has 2 aliphatic heterocycles. The second-order valence-corrected chi connectivity index (χ2v) is 9.89. The van der Waals surface area contributed by atoms with Gasteiger partial charge in [0.1, 0.15) is 5.82 Å². The monoisotopic (exact) mass is 537 g/mol. The van der Waals surface area contributed by atoms with Crippen LogP contribution in [0.3, 0.4) is 0 Å². The Labute approximate surface area is 216 Å². The van der Waals surface area contributed by atoms with Crippen molar-refractivity contribution in [3.05, 3.63) is 81.5 Å². The third-order valence-corrected chi connectivity index (χ3v) is 7.40. The zero-order valence-corrected chi connectivity index (χ0v) is 20.7. The van der Waals surface area contributed by atoms with Crippen LogP contribution in [0, 0.1) is 0 Å². The number of amides is 1. The molecule has 1 amide bonds. The number of hydrogen-bond donors (Lipinski definition) is 1. The molecule has 5 rings (SSSR count). The van der Waals surface area contributed by atoms with E-state index in [1.54, 1.807) is 23.1 Å². The summed E-state index contributed by atoms with van der Waals surface area (Å²) in [5.74, 6) is -0.226. The SMILES string of the molecule is O=C(c1cc2n(n1)C(C(F)(F)F)CC(c1ccc(Cl)c(Cl)c1)N2)N1CCN(Cc2ccccc2)CC1. The van der Waals surface area contributed by atoms with Crippen molar-refractivity contribution < 1.29 is 18.0 Å². The van der Waals surface area contributed by atoms with E-state index in [2.05, 4.69) is 27.4 Å². The lowest BCUT2D eigenvalue weighted by Gasteiger charge is -2.34. The number of aromatic nitrogens is 2. The minimum Gasteiger partial charge on any atom is -0.363 e. The minimum atomic E-state index is -4.54. The van der Waals surface area contributed by atoms with Crippen LogP contribution in [0.1, 0.15) is 40.1 Å². The van der Waals surface area contributed by atoms with Crippen molar-refractivity contribution in [2.75, 3.05) is 31.5 Å². The highest BCUT2D eigenvalue weighted by atomic mass is 35.5. The van der Waals surface area contributed by atoms with Crippen LogP contribution < -0.4 is 5.32 Å². The van der Waals surface area contributed by atoms with E-state index in [0.29, 0.717) is 36.8 Å². The zero-order chi connectivity index (χ0) is 25.4. The Bertz CT molecular complexity index is 1240. The number of anilines is 1. The summed E-state index contributed by atoms with van der Waals surface area (Å²) in [6.45, 7) is 3.11. The summed E-state index contributed by atoms with van der Waals surface area (Å²) in [4.78, 5) is 17.1. The zero-order valence-electron chi connectivity index (χ0n) is 19.2. The van der Waals surface area contributed by atoms with Gasteiger partial charge in [0.05, 0.1) is 16.1 Å². The first-order valence-corrected chi connectivity index (χ1v) is 12.4. The molecule has 0 radical (unpaired) electrons. The quantitative estimate of drug-likeness (QED) is 0.456. The molecule has 1 N–H and O–H groups in total. The normalized spacial score (nSPS) is 20.6. The first kappa shape index (κ1) is 24.9. The molecule has 2 aromatic carbocycles. The van der Waals surface area contributed by atoms with Crippen molar-refractivity contribution in [1.29, 1.82) is 0 Å². The molecule has 190 valence electrons. The molecule has 2 aliphatic rings. The van der Waals surface area contributed by atoms with Gasteiger partial charge in [0.2, 0.25) is 0 Å². The number of benzene rings is 2. The van der Waals surface area contributed by atoms with Gasteiger partial charge in [-0.1, -0.05) is 59.6 Å². The second-order valence-electron chi connectivity index (χ2n) is 9.08. The highest BCUT2D eigenvalue weighted by Crippen LogP contribution is 2.44. The van der Waals surface area contributed by atoms with Gasteiger partial charge in [-0.25, -0.2) is 4.68 Å². The molecule has 11 heteroatoms. The Hall–Kier alpha value is -2.75. The molecule has 3 heterocycles. The number of piperazine rings is 1. The molecule has 3 aromatic rings. The molecule has 6 nitrogen and oxygen atoms in total. The number of hydrogen-bond acceptors (Lipinski definition) is 4. The molecule has 0 aliphatic carbocycles. The van der Waals surface area contributed by atoms with Gasteiger partial charge in [0.25, 0.3) is 5.91 Å². The fourth-order valence-corrected chi connectivity index (χ4v) is 5.04. The molecular weight excluding hydrogens is 514 g/mol. The van der Waals surface area contributed by atoms with E-state index in [0.717, 1.165) is 11.2 Å². The van der Waals surface area contributed by atoms with Crippen molar-refractivity contribution in [2.45, 2.75) is 31.2 Å². The molecule has 36 heavy (non-hydrogen) atoms. The maximum absolute atomic E-state index is 14.0. The molecule has 1 aromatic heterocycles. The minimum absolute atomic E-state index is 0.00181. The summed E-state index contributed by atoms with van der Waals surface area (Å²) < 4.78 is 42.9. The average molecular weight is 538 g/mol. The Morgan fingerprint density at radius 2 is 1.72 bits per heavy atom. The number of carbonyl (C=O) groups excluding carboxylic acids is 1. The number of nitrogens with zero attached hydrogens (tertiary/aromatic N) is 4. The van der Waals surface area contributed by atoms with Crippen LogP contribution in [0.4, 0.5) is 19.0 Å². The van der Waals surface area contributed by atoms with E-state index >= 15 is 0 Å². The van der Waals surface area contributed by atoms with Gasteiger partial charge in [-0.05, 0) is 23.3 Å². The number of fused-ring (bicyclic) bond motifs is 1. The lowest BCUT2D eigenvalue weighted by atomic mass is 9.97. The Balaban J connectivity index is 1.32. The van der Waals surface area contributed by atoms with Gasteiger partial charge < -0.3 is 10.2 Å². The van der Waals surface area contributed by atoms with E-state index in [4.69, 9.17) is 23.2 Å².